The predicted molar refractivity (Wildman–Crippen MR) is 70.2 cm³/mol. The van der Waals surface area contributed by atoms with Gasteiger partial charge in [0.1, 0.15) is 5.56 Å². The number of phenols is 1. The van der Waals surface area contributed by atoms with Gasteiger partial charge in [-0.05, 0) is 25.0 Å². The molecule has 0 aliphatic heterocycles. The normalized spacial score (nSPS) is 16.0. The molecule has 0 aromatic heterocycles. The molecule has 0 heterocycles. The molecule has 7 heteroatoms. The van der Waals surface area contributed by atoms with Crippen molar-refractivity contribution in [2.24, 2.45) is 5.92 Å². The van der Waals surface area contributed by atoms with Gasteiger partial charge in [0, 0.05) is 5.92 Å². The summed E-state index contributed by atoms with van der Waals surface area (Å²) < 4.78 is 44.1. The number of alkyl halides is 3. The highest BCUT2D eigenvalue weighted by Gasteiger charge is 2.39. The summed E-state index contributed by atoms with van der Waals surface area (Å²) >= 11 is 0. The number of amides is 1. The van der Waals surface area contributed by atoms with Crippen LogP contribution in [-0.4, -0.2) is 18.1 Å². The average molecular weight is 303 g/mol. The molecule has 0 unspecified atom stereocenters. The third kappa shape index (κ3) is 3.22. The number of carbonyl (C=O) groups is 1. The number of halogens is 3. The number of nitrogens with one attached hydrogen (secondary N) is 1. The Kier molecular flexibility index (Phi) is 4.29. The molecule has 1 fully saturated rings. The Hall–Kier alpha value is -1.92. The molecular weight excluding hydrogens is 287 g/mol. The van der Waals surface area contributed by atoms with Crippen LogP contribution in [0.5, 0.6) is 11.5 Å². The van der Waals surface area contributed by atoms with E-state index >= 15 is 0 Å². The number of phenolic OH excluding ortho intramolecular Hbond substituents is 1. The highest BCUT2D eigenvalue weighted by atomic mass is 19.4. The molecule has 4 nitrogen and oxygen atoms in total. The third-order valence-electron chi connectivity index (χ3n) is 3.61. The molecule has 0 bridgehead atoms. The number of benzene rings is 1. The zero-order valence-electron chi connectivity index (χ0n) is 11.5. The summed E-state index contributed by atoms with van der Waals surface area (Å²) in [5, 5.41) is 11.8. The van der Waals surface area contributed by atoms with Gasteiger partial charge < -0.3 is 15.2 Å². The number of hydrogen-bond acceptors (Lipinski definition) is 3. The van der Waals surface area contributed by atoms with E-state index in [1.807, 2.05) is 0 Å². The summed E-state index contributed by atoms with van der Waals surface area (Å²) in [7, 11) is 1.03. The van der Waals surface area contributed by atoms with Gasteiger partial charge in [-0.1, -0.05) is 12.8 Å². The van der Waals surface area contributed by atoms with Gasteiger partial charge in [0.05, 0.1) is 12.8 Å². The average Bonchev–Trinajstić information content (AvgIpc) is 2.93. The summed E-state index contributed by atoms with van der Waals surface area (Å²) in [4.78, 5) is 12.0. The third-order valence-corrected chi connectivity index (χ3v) is 3.61. The number of carbonyl (C=O) groups excluding carboxylic acids is 1. The zero-order valence-corrected chi connectivity index (χ0v) is 11.5. The lowest BCUT2D eigenvalue weighted by Gasteiger charge is -2.19. The number of hydrogen-bond donors (Lipinski definition) is 2. The second kappa shape index (κ2) is 5.83. The molecule has 0 atom stereocenters. The van der Waals surface area contributed by atoms with Crippen LogP contribution >= 0.6 is 0 Å². The van der Waals surface area contributed by atoms with Crippen LogP contribution < -0.4 is 10.1 Å². The van der Waals surface area contributed by atoms with Crippen LogP contribution in [0.4, 0.5) is 18.9 Å². The highest BCUT2D eigenvalue weighted by Crippen LogP contribution is 2.45. The topological polar surface area (TPSA) is 58.6 Å². The summed E-state index contributed by atoms with van der Waals surface area (Å²) in [6.07, 6.45) is -1.57. The Morgan fingerprint density at radius 2 is 1.95 bits per heavy atom. The summed E-state index contributed by atoms with van der Waals surface area (Å²) in [5.41, 5.74) is -1.56. The van der Waals surface area contributed by atoms with Gasteiger partial charge in [-0.3, -0.25) is 4.79 Å². The molecule has 116 valence electrons. The first kappa shape index (κ1) is 15.5. The van der Waals surface area contributed by atoms with Crippen molar-refractivity contribution >= 4 is 11.6 Å². The van der Waals surface area contributed by atoms with Gasteiger partial charge in [-0.15, -0.1) is 0 Å². The van der Waals surface area contributed by atoms with E-state index in [2.05, 4.69) is 10.1 Å². The highest BCUT2D eigenvalue weighted by molar-refractivity contribution is 5.94. The molecule has 0 radical (unpaired) electrons. The van der Waals surface area contributed by atoms with E-state index in [1.165, 1.54) is 0 Å². The van der Waals surface area contributed by atoms with Crippen LogP contribution in [0.25, 0.3) is 0 Å². The predicted octanol–water partition coefficient (Wildman–Crippen LogP) is 3.55. The number of methoxy groups -OCH3 is 1. The van der Waals surface area contributed by atoms with Gasteiger partial charge in [0.25, 0.3) is 0 Å². The zero-order chi connectivity index (χ0) is 15.6. The Morgan fingerprint density at radius 3 is 2.48 bits per heavy atom. The van der Waals surface area contributed by atoms with Crippen LogP contribution in [-0.2, 0) is 11.0 Å². The van der Waals surface area contributed by atoms with Gasteiger partial charge >= 0.3 is 6.18 Å². The van der Waals surface area contributed by atoms with E-state index in [4.69, 9.17) is 0 Å². The fourth-order valence-corrected chi connectivity index (χ4v) is 2.59. The van der Waals surface area contributed by atoms with Crippen molar-refractivity contribution in [2.45, 2.75) is 31.9 Å². The van der Waals surface area contributed by atoms with Crippen molar-refractivity contribution in [3.05, 3.63) is 17.7 Å². The minimum absolute atomic E-state index is 0.258. The quantitative estimate of drug-likeness (QED) is 0.840. The molecule has 0 spiro atoms. The van der Waals surface area contributed by atoms with E-state index in [0.29, 0.717) is 12.8 Å². The van der Waals surface area contributed by atoms with Gasteiger partial charge in [0.15, 0.2) is 11.5 Å². The van der Waals surface area contributed by atoms with Crippen LogP contribution in [0.2, 0.25) is 0 Å². The summed E-state index contributed by atoms with van der Waals surface area (Å²) in [6, 6.07) is 2.10. The maximum absolute atomic E-state index is 13.2. The minimum Gasteiger partial charge on any atom is -0.504 e. The van der Waals surface area contributed by atoms with E-state index in [-0.39, 0.29) is 5.92 Å². The number of anilines is 1. The van der Waals surface area contributed by atoms with Crippen LogP contribution in [0.3, 0.4) is 0 Å². The van der Waals surface area contributed by atoms with Crippen molar-refractivity contribution in [1.29, 1.82) is 0 Å². The standard InChI is InChI=1S/C14H16F3NO3/c1-21-12-10(19)7-6-9(11(12)14(15,16)17)18-13(20)8-4-2-3-5-8/h6-8,19H,2-5H2,1H3,(H,18,20). The molecule has 2 rings (SSSR count). The SMILES string of the molecule is COc1c(O)ccc(NC(=O)C2CCCC2)c1C(F)(F)F. The van der Waals surface area contributed by atoms with E-state index in [9.17, 15) is 23.1 Å². The molecule has 1 saturated carbocycles. The molecule has 2 N–H and O–H groups in total. The first-order chi connectivity index (χ1) is 9.84. The Morgan fingerprint density at radius 1 is 1.33 bits per heavy atom. The smallest absolute Gasteiger partial charge is 0.422 e. The van der Waals surface area contributed by atoms with Crippen molar-refractivity contribution in [2.75, 3.05) is 12.4 Å². The first-order valence-corrected chi connectivity index (χ1v) is 6.62. The molecule has 1 aromatic rings. The van der Waals surface area contributed by atoms with Crippen LogP contribution in [0.1, 0.15) is 31.2 Å². The van der Waals surface area contributed by atoms with Gasteiger partial charge in [0.2, 0.25) is 5.91 Å². The number of rotatable bonds is 3. The second-order valence-corrected chi connectivity index (χ2v) is 5.01. The lowest BCUT2D eigenvalue weighted by molar-refractivity contribution is -0.138. The summed E-state index contributed by atoms with van der Waals surface area (Å²) in [5.74, 6) is -1.99. The monoisotopic (exact) mass is 303 g/mol. The fraction of sp³-hybridized carbons (Fsp3) is 0.500. The molecule has 0 saturated heterocycles. The van der Waals surface area contributed by atoms with Gasteiger partial charge in [-0.2, -0.15) is 13.2 Å². The van der Waals surface area contributed by atoms with Crippen LogP contribution in [0.15, 0.2) is 12.1 Å². The molecule has 21 heavy (non-hydrogen) atoms. The van der Waals surface area contributed by atoms with Crippen molar-refractivity contribution in [1.82, 2.24) is 0 Å². The minimum atomic E-state index is -4.75. The fourth-order valence-electron chi connectivity index (χ4n) is 2.59. The molecule has 1 aliphatic carbocycles. The Labute approximate surface area is 119 Å². The molecule has 1 aliphatic rings. The van der Waals surface area contributed by atoms with Crippen molar-refractivity contribution in [3.63, 3.8) is 0 Å². The lowest BCUT2D eigenvalue weighted by Crippen LogP contribution is -2.22. The molecule has 1 aromatic carbocycles. The van der Waals surface area contributed by atoms with E-state index < -0.39 is 34.8 Å². The largest absolute Gasteiger partial charge is 0.504 e. The number of aromatic hydroxyl groups is 1. The van der Waals surface area contributed by atoms with Crippen LogP contribution in [0, 0.1) is 5.92 Å². The Balaban J connectivity index is 2.36. The summed E-state index contributed by atoms with van der Waals surface area (Å²) in [6.45, 7) is 0. The van der Waals surface area contributed by atoms with Gasteiger partial charge in [-0.25, -0.2) is 0 Å². The first-order valence-electron chi connectivity index (χ1n) is 6.62. The second-order valence-electron chi connectivity index (χ2n) is 5.01. The lowest BCUT2D eigenvalue weighted by atomic mass is 10.1. The van der Waals surface area contributed by atoms with E-state index in [0.717, 1.165) is 32.1 Å². The van der Waals surface area contributed by atoms with Crippen molar-refractivity contribution in [3.8, 4) is 11.5 Å². The molecule has 1 amide bonds. The Bertz CT molecular complexity index is 537. The van der Waals surface area contributed by atoms with Crippen molar-refractivity contribution < 1.29 is 27.8 Å². The number of ether oxygens (including phenoxy) is 1. The molecular formula is C14H16F3NO3. The maximum atomic E-state index is 13.2. The maximum Gasteiger partial charge on any atom is 0.422 e. The van der Waals surface area contributed by atoms with E-state index in [1.54, 1.807) is 0 Å².